The number of hydrogen-bond acceptors (Lipinski definition) is 4. The molecule has 3 N–H and O–H groups in total. The molecule has 0 radical (unpaired) electrons. The van der Waals surface area contributed by atoms with E-state index >= 15 is 0 Å². The van der Waals surface area contributed by atoms with E-state index < -0.39 is 0 Å². The first-order valence-corrected chi connectivity index (χ1v) is 7.51. The van der Waals surface area contributed by atoms with Gasteiger partial charge < -0.3 is 5.32 Å². The van der Waals surface area contributed by atoms with E-state index in [1.54, 1.807) is 11.3 Å². The lowest BCUT2D eigenvalue weighted by atomic mass is 9.79. The molecule has 0 fully saturated rings. The predicted molar refractivity (Wildman–Crippen MR) is 77.1 cm³/mol. The van der Waals surface area contributed by atoms with Crippen molar-refractivity contribution in [2.45, 2.75) is 25.2 Å². The molecule has 102 valence electrons. The van der Waals surface area contributed by atoms with Gasteiger partial charge >= 0.3 is 0 Å². The summed E-state index contributed by atoms with van der Waals surface area (Å²) in [6.07, 6.45) is 2.29. The Morgan fingerprint density at radius 3 is 2.90 bits per heavy atom. The molecule has 3 heterocycles. The summed E-state index contributed by atoms with van der Waals surface area (Å²) in [7, 11) is 0. The SMILES string of the molecule is O=C1CCCC2=C1[C@H](c1cccs1)c1c([nH][nH]c1=O)N2. The number of hydrogen-bond donors (Lipinski definition) is 3. The number of nitrogens with one attached hydrogen (secondary N) is 3. The van der Waals surface area contributed by atoms with Gasteiger partial charge in [0.1, 0.15) is 5.82 Å². The van der Waals surface area contributed by atoms with Gasteiger partial charge in [0.2, 0.25) is 0 Å². The van der Waals surface area contributed by atoms with Crippen LogP contribution in [0.4, 0.5) is 5.82 Å². The number of rotatable bonds is 1. The molecule has 1 aliphatic heterocycles. The van der Waals surface area contributed by atoms with Crippen molar-refractivity contribution in [2.24, 2.45) is 0 Å². The van der Waals surface area contributed by atoms with Crippen molar-refractivity contribution < 1.29 is 4.79 Å². The van der Waals surface area contributed by atoms with Crippen LogP contribution in [0.25, 0.3) is 0 Å². The molecule has 0 aromatic carbocycles. The van der Waals surface area contributed by atoms with Gasteiger partial charge in [-0.25, -0.2) is 0 Å². The minimum Gasteiger partial charge on any atom is -0.343 e. The molecular formula is C14H13N3O2S. The Balaban J connectivity index is 1.99. The molecule has 0 unspecified atom stereocenters. The number of Topliss-reactive ketones (excluding diaryl/α,β-unsaturated/α-hetero) is 1. The number of fused-ring (bicyclic) bond motifs is 1. The topological polar surface area (TPSA) is 77.8 Å². The van der Waals surface area contributed by atoms with Gasteiger partial charge in [-0.2, -0.15) is 0 Å². The zero-order chi connectivity index (χ0) is 13.7. The van der Waals surface area contributed by atoms with Crippen molar-refractivity contribution in [1.82, 2.24) is 10.2 Å². The lowest BCUT2D eigenvalue weighted by Crippen LogP contribution is -2.28. The molecule has 6 heteroatoms. The van der Waals surface area contributed by atoms with Crippen molar-refractivity contribution in [3.05, 3.63) is 49.6 Å². The second-order valence-electron chi connectivity index (χ2n) is 5.11. The molecule has 1 aliphatic carbocycles. The summed E-state index contributed by atoms with van der Waals surface area (Å²) in [5.41, 5.74) is 2.20. The zero-order valence-corrected chi connectivity index (χ0v) is 11.5. The molecule has 2 aromatic rings. The number of carbonyl (C=O) groups excluding carboxylic acids is 1. The van der Waals surface area contributed by atoms with Crippen LogP contribution >= 0.6 is 11.3 Å². The summed E-state index contributed by atoms with van der Waals surface area (Å²) in [6.45, 7) is 0. The number of anilines is 1. The summed E-state index contributed by atoms with van der Waals surface area (Å²) < 4.78 is 0. The Labute approximate surface area is 118 Å². The molecule has 0 saturated heterocycles. The highest BCUT2D eigenvalue weighted by molar-refractivity contribution is 7.10. The van der Waals surface area contributed by atoms with Crippen molar-refractivity contribution in [1.29, 1.82) is 0 Å². The van der Waals surface area contributed by atoms with Crippen LogP contribution in [0.15, 0.2) is 33.6 Å². The Morgan fingerprint density at radius 2 is 2.10 bits per heavy atom. The molecule has 2 aliphatic rings. The average Bonchev–Trinajstić information content (AvgIpc) is 3.08. The van der Waals surface area contributed by atoms with E-state index in [0.717, 1.165) is 29.0 Å². The summed E-state index contributed by atoms with van der Waals surface area (Å²) in [5, 5.41) is 10.7. The maximum Gasteiger partial charge on any atom is 0.270 e. The molecule has 20 heavy (non-hydrogen) atoms. The maximum absolute atomic E-state index is 12.4. The second-order valence-corrected chi connectivity index (χ2v) is 6.09. The maximum atomic E-state index is 12.4. The number of aromatic nitrogens is 2. The Bertz CT molecular complexity index is 767. The fourth-order valence-corrected chi connectivity index (χ4v) is 3.95. The summed E-state index contributed by atoms with van der Waals surface area (Å²) in [5.74, 6) is 0.620. The van der Waals surface area contributed by atoms with Gasteiger partial charge in [0, 0.05) is 22.6 Å². The first-order chi connectivity index (χ1) is 9.75. The highest BCUT2D eigenvalue weighted by Crippen LogP contribution is 2.44. The van der Waals surface area contributed by atoms with Crippen molar-refractivity contribution in [2.75, 3.05) is 5.32 Å². The van der Waals surface area contributed by atoms with Crippen LogP contribution < -0.4 is 10.9 Å². The van der Waals surface area contributed by atoms with Crippen LogP contribution in [-0.2, 0) is 4.79 Å². The number of H-pyrrole nitrogens is 2. The van der Waals surface area contributed by atoms with Gasteiger partial charge in [0.05, 0.1) is 11.5 Å². The van der Waals surface area contributed by atoms with Gasteiger partial charge in [-0.05, 0) is 24.3 Å². The van der Waals surface area contributed by atoms with Gasteiger partial charge in [-0.1, -0.05) is 6.07 Å². The van der Waals surface area contributed by atoms with E-state index in [-0.39, 0.29) is 17.3 Å². The standard InChI is InChI=1S/C14H13N3O2S/c18-8-4-1-3-7-10(8)11(9-5-2-6-20-9)12-13(15-7)16-17-14(12)19/h2,5-6,11H,1,3-4H2,(H3,15,16,17,19)/t11-/m0/s1. The number of carbonyl (C=O) groups is 1. The van der Waals surface area contributed by atoms with Gasteiger partial charge in [0.25, 0.3) is 5.56 Å². The van der Waals surface area contributed by atoms with E-state index in [4.69, 9.17) is 0 Å². The molecule has 4 rings (SSSR count). The monoisotopic (exact) mass is 287 g/mol. The van der Waals surface area contributed by atoms with Crippen LogP contribution in [0.5, 0.6) is 0 Å². The molecule has 0 spiro atoms. The largest absolute Gasteiger partial charge is 0.343 e. The quantitative estimate of drug-likeness (QED) is 0.753. The fraction of sp³-hybridized carbons (Fsp3) is 0.286. The third kappa shape index (κ3) is 1.54. The highest BCUT2D eigenvalue weighted by Gasteiger charge is 2.38. The first kappa shape index (κ1) is 11.7. The second kappa shape index (κ2) is 4.21. The van der Waals surface area contributed by atoms with Crippen molar-refractivity contribution in [3.63, 3.8) is 0 Å². The lowest BCUT2D eigenvalue weighted by Gasteiger charge is -2.30. The number of thiophene rings is 1. The molecule has 2 aromatic heterocycles. The Kier molecular flexibility index (Phi) is 2.47. The van der Waals surface area contributed by atoms with Crippen LogP contribution in [0.3, 0.4) is 0 Å². The number of aromatic amines is 2. The molecular weight excluding hydrogens is 274 g/mol. The molecule has 1 atom stereocenters. The summed E-state index contributed by atoms with van der Waals surface area (Å²) in [4.78, 5) is 25.5. The Hall–Kier alpha value is -2.08. The average molecular weight is 287 g/mol. The summed E-state index contributed by atoms with van der Waals surface area (Å²) >= 11 is 1.58. The van der Waals surface area contributed by atoms with Crippen molar-refractivity contribution in [3.8, 4) is 0 Å². The van der Waals surface area contributed by atoms with Gasteiger partial charge in [0.15, 0.2) is 5.78 Å². The van der Waals surface area contributed by atoms with E-state index in [9.17, 15) is 9.59 Å². The molecule has 0 bridgehead atoms. The van der Waals surface area contributed by atoms with Gasteiger partial charge in [-0.15, -0.1) is 11.3 Å². The third-order valence-corrected chi connectivity index (χ3v) is 4.89. The Morgan fingerprint density at radius 1 is 1.20 bits per heavy atom. The smallest absolute Gasteiger partial charge is 0.270 e. The van der Waals surface area contributed by atoms with E-state index in [1.165, 1.54) is 0 Å². The van der Waals surface area contributed by atoms with Gasteiger partial charge in [-0.3, -0.25) is 19.8 Å². The van der Waals surface area contributed by atoms with Crippen molar-refractivity contribution >= 4 is 22.9 Å². The van der Waals surface area contributed by atoms with Crippen LogP contribution in [0.1, 0.15) is 35.6 Å². The fourth-order valence-electron chi connectivity index (χ4n) is 3.11. The highest BCUT2D eigenvalue weighted by atomic mass is 32.1. The summed E-state index contributed by atoms with van der Waals surface area (Å²) in [6, 6.07) is 3.94. The normalized spacial score (nSPS) is 21.4. The van der Waals surface area contributed by atoms with Crippen LogP contribution in [0.2, 0.25) is 0 Å². The van der Waals surface area contributed by atoms with Crippen LogP contribution in [0, 0.1) is 0 Å². The minimum absolute atomic E-state index is 0.156. The first-order valence-electron chi connectivity index (χ1n) is 6.63. The number of allylic oxidation sites excluding steroid dienone is 2. The van der Waals surface area contributed by atoms with E-state index in [0.29, 0.717) is 17.8 Å². The van der Waals surface area contributed by atoms with Crippen LogP contribution in [-0.4, -0.2) is 16.0 Å². The lowest BCUT2D eigenvalue weighted by molar-refractivity contribution is -0.116. The number of ketones is 1. The van der Waals surface area contributed by atoms with E-state index in [2.05, 4.69) is 15.5 Å². The molecule has 5 nitrogen and oxygen atoms in total. The third-order valence-electron chi connectivity index (χ3n) is 3.95. The zero-order valence-electron chi connectivity index (χ0n) is 10.7. The van der Waals surface area contributed by atoms with E-state index in [1.807, 2.05) is 17.5 Å². The molecule has 0 saturated carbocycles. The predicted octanol–water partition coefficient (Wildman–Crippen LogP) is 2.33. The minimum atomic E-state index is -0.232. The molecule has 0 amide bonds.